The number of fused-ring (bicyclic) bond motifs is 1. The fourth-order valence-corrected chi connectivity index (χ4v) is 3.11. The van der Waals surface area contributed by atoms with Gasteiger partial charge < -0.3 is 9.90 Å². The number of aromatic nitrogens is 2. The van der Waals surface area contributed by atoms with Crippen molar-refractivity contribution in [1.82, 2.24) is 9.97 Å². The van der Waals surface area contributed by atoms with Gasteiger partial charge >= 0.3 is 29.6 Å². The van der Waals surface area contributed by atoms with Gasteiger partial charge in [-0.3, -0.25) is 5.43 Å². The zero-order chi connectivity index (χ0) is 20.8. The molecule has 1 aromatic heterocycles. The van der Waals surface area contributed by atoms with Gasteiger partial charge in [-0.05, 0) is 23.3 Å². The summed E-state index contributed by atoms with van der Waals surface area (Å²) >= 11 is 0. The summed E-state index contributed by atoms with van der Waals surface area (Å²) in [5.74, 6) is -0.908. The Balaban J connectivity index is 0.00000272. The molecule has 1 N–H and O–H groups in total. The van der Waals surface area contributed by atoms with Crippen LogP contribution in [-0.4, -0.2) is 21.6 Å². The Labute approximate surface area is 202 Å². The number of aliphatic carboxylic acids is 1. The van der Waals surface area contributed by atoms with Gasteiger partial charge in [0.1, 0.15) is 0 Å². The molecular formula is C24H19N4NaO2. The minimum atomic E-state index is -1.33. The third-order valence-electron chi connectivity index (χ3n) is 4.60. The average Bonchev–Trinajstić information content (AvgIpc) is 2.78. The number of carboxylic acid groups (broad SMARTS) is 1. The van der Waals surface area contributed by atoms with E-state index in [0.29, 0.717) is 23.4 Å². The molecule has 0 radical (unpaired) electrons. The smallest absolute Gasteiger partial charge is 0.543 e. The molecule has 7 heteroatoms. The maximum atomic E-state index is 11.6. The summed E-state index contributed by atoms with van der Waals surface area (Å²) in [4.78, 5) is 20.9. The predicted octanol–water partition coefficient (Wildman–Crippen LogP) is -0.0149. The van der Waals surface area contributed by atoms with E-state index >= 15 is 0 Å². The van der Waals surface area contributed by atoms with Crippen molar-refractivity contribution in [1.29, 1.82) is 0 Å². The number of hydrogen-bond donors (Lipinski definition) is 1. The number of hydrazone groups is 1. The molecule has 0 aliphatic heterocycles. The molecule has 0 spiro atoms. The zero-order valence-corrected chi connectivity index (χ0v) is 19.2. The Morgan fingerprint density at radius 1 is 0.806 bits per heavy atom. The van der Waals surface area contributed by atoms with Crippen molar-refractivity contribution in [3.63, 3.8) is 0 Å². The van der Waals surface area contributed by atoms with E-state index in [2.05, 4.69) is 15.5 Å². The normalized spacial score (nSPS) is 11.0. The van der Waals surface area contributed by atoms with Crippen molar-refractivity contribution in [2.75, 3.05) is 5.43 Å². The molecule has 4 aromatic rings. The van der Waals surface area contributed by atoms with Gasteiger partial charge in [0.05, 0.1) is 28.4 Å². The quantitative estimate of drug-likeness (QED) is 0.259. The summed E-state index contributed by atoms with van der Waals surface area (Å²) in [5.41, 5.74) is 6.76. The number of carbonyl (C=O) groups excluding carboxylic acids is 1. The number of anilines is 1. The van der Waals surface area contributed by atoms with Crippen LogP contribution in [0.25, 0.3) is 11.0 Å². The zero-order valence-electron chi connectivity index (χ0n) is 17.2. The number of nitrogens with zero attached hydrogens (tertiary/aromatic N) is 3. The van der Waals surface area contributed by atoms with E-state index in [1.807, 2.05) is 84.9 Å². The van der Waals surface area contributed by atoms with Gasteiger partial charge in [-0.25, -0.2) is 9.97 Å². The third kappa shape index (κ3) is 5.98. The summed E-state index contributed by atoms with van der Waals surface area (Å²) < 4.78 is 0. The molecular weight excluding hydrogens is 399 g/mol. The van der Waals surface area contributed by atoms with Crippen LogP contribution in [0.2, 0.25) is 0 Å². The molecule has 0 saturated carbocycles. The molecule has 0 amide bonds. The standard InChI is InChI=1S/C24H20N4O2.Na/c29-24(30)22(16-18-11-5-2-6-12-18)27-28-23-21(15-17-9-3-1-4-10-17)25-19-13-7-8-14-20(19)26-23;/h1-14H,15-16H2,(H,26,28)(H,29,30);/q;+1/p-1/b27-22-;. The van der Waals surface area contributed by atoms with Crippen LogP contribution in [0.15, 0.2) is 90.0 Å². The fourth-order valence-electron chi connectivity index (χ4n) is 3.11. The van der Waals surface area contributed by atoms with Crippen LogP contribution < -0.4 is 40.1 Å². The molecule has 148 valence electrons. The molecule has 0 saturated heterocycles. The largest absolute Gasteiger partial charge is 1.00 e. The van der Waals surface area contributed by atoms with E-state index in [1.165, 1.54) is 0 Å². The maximum Gasteiger partial charge on any atom is 1.00 e. The minimum Gasteiger partial charge on any atom is -0.543 e. The molecule has 0 unspecified atom stereocenters. The molecule has 0 aliphatic rings. The molecule has 6 nitrogen and oxygen atoms in total. The van der Waals surface area contributed by atoms with Gasteiger partial charge in [0.2, 0.25) is 0 Å². The van der Waals surface area contributed by atoms with Crippen molar-refractivity contribution < 1.29 is 39.5 Å². The van der Waals surface area contributed by atoms with Crippen molar-refractivity contribution >= 4 is 28.5 Å². The number of hydrogen-bond acceptors (Lipinski definition) is 6. The molecule has 0 atom stereocenters. The van der Waals surface area contributed by atoms with Crippen LogP contribution in [0.5, 0.6) is 0 Å². The van der Waals surface area contributed by atoms with Gasteiger partial charge in [0, 0.05) is 12.8 Å². The van der Waals surface area contributed by atoms with Crippen LogP contribution >= 0.6 is 0 Å². The first-order valence-electron chi connectivity index (χ1n) is 9.56. The van der Waals surface area contributed by atoms with Crippen molar-refractivity contribution in [3.05, 3.63) is 102 Å². The van der Waals surface area contributed by atoms with Gasteiger partial charge in [0.15, 0.2) is 5.82 Å². The monoisotopic (exact) mass is 418 g/mol. The first-order chi connectivity index (χ1) is 14.7. The number of carbonyl (C=O) groups is 1. The summed E-state index contributed by atoms with van der Waals surface area (Å²) in [6.45, 7) is 0. The number of para-hydroxylation sites is 2. The molecule has 0 fully saturated rings. The van der Waals surface area contributed by atoms with E-state index in [9.17, 15) is 9.90 Å². The number of rotatable bonds is 7. The summed E-state index contributed by atoms with van der Waals surface area (Å²) in [6.07, 6.45) is 0.682. The Morgan fingerprint density at radius 2 is 1.35 bits per heavy atom. The second kappa shape index (κ2) is 10.8. The van der Waals surface area contributed by atoms with Crippen LogP contribution in [-0.2, 0) is 17.6 Å². The molecule has 3 aromatic carbocycles. The minimum absolute atomic E-state index is 0. The molecule has 31 heavy (non-hydrogen) atoms. The van der Waals surface area contributed by atoms with E-state index < -0.39 is 5.97 Å². The second-order valence-electron chi connectivity index (χ2n) is 6.79. The van der Waals surface area contributed by atoms with Crippen LogP contribution in [0.1, 0.15) is 16.8 Å². The Hall–Kier alpha value is -3.06. The van der Waals surface area contributed by atoms with Gasteiger partial charge in [-0.2, -0.15) is 5.10 Å². The first kappa shape index (κ1) is 22.6. The third-order valence-corrected chi connectivity index (χ3v) is 4.60. The Bertz CT molecular complexity index is 1200. The molecule has 4 rings (SSSR count). The van der Waals surface area contributed by atoms with Crippen LogP contribution in [0.4, 0.5) is 5.82 Å². The van der Waals surface area contributed by atoms with Crippen LogP contribution in [0.3, 0.4) is 0 Å². The van der Waals surface area contributed by atoms with Crippen molar-refractivity contribution in [2.45, 2.75) is 12.8 Å². The number of nitrogens with one attached hydrogen (secondary N) is 1. The molecule has 0 aliphatic carbocycles. The molecule has 1 heterocycles. The fraction of sp³-hybridized carbons (Fsp3) is 0.0833. The van der Waals surface area contributed by atoms with Gasteiger partial charge in [0.25, 0.3) is 0 Å². The Morgan fingerprint density at radius 3 is 1.97 bits per heavy atom. The first-order valence-corrected chi connectivity index (χ1v) is 9.56. The average molecular weight is 418 g/mol. The topological polar surface area (TPSA) is 90.3 Å². The summed E-state index contributed by atoms with van der Waals surface area (Å²) in [5, 5.41) is 15.7. The summed E-state index contributed by atoms with van der Waals surface area (Å²) in [6, 6.07) is 26.7. The molecule has 0 bridgehead atoms. The predicted molar refractivity (Wildman–Crippen MR) is 115 cm³/mol. The second-order valence-corrected chi connectivity index (χ2v) is 6.79. The van der Waals surface area contributed by atoms with Gasteiger partial charge in [-0.1, -0.05) is 72.8 Å². The summed E-state index contributed by atoms with van der Waals surface area (Å²) in [7, 11) is 0. The van der Waals surface area contributed by atoms with E-state index in [4.69, 9.17) is 4.98 Å². The van der Waals surface area contributed by atoms with Crippen molar-refractivity contribution in [3.8, 4) is 0 Å². The van der Waals surface area contributed by atoms with Crippen molar-refractivity contribution in [2.24, 2.45) is 5.10 Å². The van der Waals surface area contributed by atoms with Gasteiger partial charge in [-0.15, -0.1) is 0 Å². The maximum absolute atomic E-state index is 11.6. The number of carboxylic acids is 1. The van der Waals surface area contributed by atoms with E-state index in [1.54, 1.807) is 0 Å². The SMILES string of the molecule is O=C([O-])/C(Cc1ccccc1)=N\Nc1nc2ccccc2nc1Cc1ccccc1.[Na+]. The Kier molecular flexibility index (Phi) is 7.89. The number of benzene rings is 3. The van der Waals surface area contributed by atoms with E-state index in [0.717, 1.165) is 16.6 Å². The van der Waals surface area contributed by atoms with Crippen LogP contribution in [0, 0.1) is 0 Å². The van der Waals surface area contributed by atoms with E-state index in [-0.39, 0.29) is 41.7 Å².